The average Bonchev–Trinajstić information content (AvgIpc) is 2.13. The van der Waals surface area contributed by atoms with E-state index in [1.807, 2.05) is 13.8 Å². The Labute approximate surface area is 70.2 Å². The molecule has 0 spiro atoms. The summed E-state index contributed by atoms with van der Waals surface area (Å²) in [4.78, 5) is 0. The maximum Gasteiger partial charge on any atom is -0.0443 e. The van der Waals surface area contributed by atoms with Crippen LogP contribution in [0.3, 0.4) is 0 Å². The minimum atomic E-state index is 1.04. The van der Waals surface area contributed by atoms with E-state index in [0.717, 1.165) is 5.92 Å². The predicted octanol–water partition coefficient (Wildman–Crippen LogP) is 3.63. The van der Waals surface area contributed by atoms with Gasteiger partial charge in [-0.25, -0.2) is 0 Å². The van der Waals surface area contributed by atoms with Crippen molar-refractivity contribution in [1.82, 2.24) is 0 Å². The summed E-state index contributed by atoms with van der Waals surface area (Å²) in [5.74, 6) is 1.04. The first-order valence-corrected chi connectivity index (χ1v) is 4.59. The third-order valence-electron chi connectivity index (χ3n) is 1.89. The Balaban J connectivity index is 0. The molecule has 0 atom stereocenters. The Kier molecular flexibility index (Phi) is 15.4. The molecule has 1 aliphatic rings. The average molecular weight is 162 g/mol. The molecule has 1 aliphatic carbocycles. The van der Waals surface area contributed by atoms with Gasteiger partial charge in [0.25, 0.3) is 0 Å². The van der Waals surface area contributed by atoms with E-state index in [-0.39, 0.29) is 0 Å². The van der Waals surface area contributed by atoms with Crippen LogP contribution in [0, 0.1) is 5.92 Å². The van der Waals surface area contributed by atoms with Gasteiger partial charge in [0.05, 0.1) is 0 Å². The fourth-order valence-corrected chi connectivity index (χ4v) is 1.31. The van der Waals surface area contributed by atoms with Crippen LogP contribution in [0.25, 0.3) is 0 Å². The Hall–Kier alpha value is -0.0800. The van der Waals surface area contributed by atoms with Crippen molar-refractivity contribution in [3.05, 3.63) is 0 Å². The van der Waals surface area contributed by atoms with Crippen LogP contribution in [0.5, 0.6) is 0 Å². The van der Waals surface area contributed by atoms with Gasteiger partial charge in [-0.3, -0.25) is 10.5 Å². The highest BCUT2D eigenvalue weighted by molar-refractivity contribution is 4.59. The molecule has 0 saturated heterocycles. The van der Waals surface area contributed by atoms with E-state index in [1.165, 1.54) is 32.1 Å². The first-order valence-electron chi connectivity index (χ1n) is 4.59. The summed E-state index contributed by atoms with van der Waals surface area (Å²) in [5, 5.41) is 12.0. The van der Waals surface area contributed by atoms with Crippen LogP contribution in [0.1, 0.15) is 52.9 Å². The number of rotatable bonds is 0. The molecule has 0 aromatic rings. The Morgan fingerprint density at radius 1 is 0.909 bits per heavy atom. The fraction of sp³-hybridized carbons (Fsp3) is 1.00. The highest BCUT2D eigenvalue weighted by Crippen LogP contribution is 2.21. The second-order valence-electron chi connectivity index (χ2n) is 2.74. The largest absolute Gasteiger partial charge is 0.255 e. The third-order valence-corrected chi connectivity index (χ3v) is 1.89. The molecule has 0 aliphatic heterocycles. The molecule has 0 amide bonds. The third kappa shape index (κ3) is 9.92. The smallest absolute Gasteiger partial charge is 0.0443 e. The molecule has 0 aromatic heterocycles. The summed E-state index contributed by atoms with van der Waals surface area (Å²) in [6, 6.07) is 0. The normalized spacial score (nSPS) is 17.2. The molecule has 0 radical (unpaired) electrons. The predicted molar refractivity (Wildman–Crippen MR) is 48.9 cm³/mol. The lowest BCUT2D eigenvalue weighted by Crippen LogP contribution is -1.99. The van der Waals surface area contributed by atoms with Gasteiger partial charge >= 0.3 is 0 Å². The monoisotopic (exact) mass is 162 g/mol. The zero-order valence-electron chi connectivity index (χ0n) is 8.01. The Morgan fingerprint density at radius 2 is 1.27 bits per heavy atom. The maximum atomic E-state index is 6.00. The van der Waals surface area contributed by atoms with Crippen molar-refractivity contribution < 1.29 is 10.5 Å². The van der Waals surface area contributed by atoms with Crippen molar-refractivity contribution in [2.45, 2.75) is 52.9 Å². The minimum Gasteiger partial charge on any atom is -0.255 e. The van der Waals surface area contributed by atoms with E-state index in [0.29, 0.717) is 0 Å². The van der Waals surface area contributed by atoms with Crippen LogP contribution in [0.2, 0.25) is 0 Å². The highest BCUT2D eigenvalue weighted by atomic mass is 17.0. The van der Waals surface area contributed by atoms with Gasteiger partial charge in [0.1, 0.15) is 0 Å². The second-order valence-corrected chi connectivity index (χ2v) is 2.74. The van der Waals surface area contributed by atoms with Gasteiger partial charge in [-0.15, -0.1) is 0 Å². The van der Waals surface area contributed by atoms with Crippen LogP contribution >= 0.6 is 0 Å². The molecular weight excluding hydrogens is 140 g/mol. The van der Waals surface area contributed by atoms with Crippen LogP contribution in [0.15, 0.2) is 0 Å². The quantitative estimate of drug-likeness (QED) is 0.422. The van der Waals surface area contributed by atoms with Crippen molar-refractivity contribution >= 4 is 0 Å². The van der Waals surface area contributed by atoms with Crippen LogP contribution in [0.4, 0.5) is 0 Å². The van der Waals surface area contributed by atoms with Crippen molar-refractivity contribution in [1.29, 1.82) is 0 Å². The van der Waals surface area contributed by atoms with E-state index in [9.17, 15) is 0 Å². The summed E-state index contributed by atoms with van der Waals surface area (Å²) in [6.45, 7) is 6.36. The molecule has 1 rings (SSSR count). The van der Waals surface area contributed by atoms with Gasteiger partial charge in [-0.1, -0.05) is 52.9 Å². The van der Waals surface area contributed by atoms with Gasteiger partial charge in [-0.2, -0.15) is 0 Å². The van der Waals surface area contributed by atoms with E-state index in [2.05, 4.69) is 6.92 Å². The summed E-state index contributed by atoms with van der Waals surface area (Å²) in [5.41, 5.74) is 0. The molecule has 1 saturated carbocycles. The highest BCUT2D eigenvalue weighted by Gasteiger charge is 2.05. The van der Waals surface area contributed by atoms with Gasteiger partial charge in [0, 0.05) is 0 Å². The van der Waals surface area contributed by atoms with Gasteiger partial charge in [-0.05, 0) is 5.92 Å². The van der Waals surface area contributed by atoms with E-state index < -0.39 is 0 Å². The maximum absolute atomic E-state index is 6.00. The first kappa shape index (κ1) is 13.5. The molecule has 0 aromatic carbocycles. The lowest BCUT2D eigenvalue weighted by atomic mass is 9.91. The van der Waals surface area contributed by atoms with Gasteiger partial charge in [0.2, 0.25) is 0 Å². The van der Waals surface area contributed by atoms with Crippen molar-refractivity contribution in [2.75, 3.05) is 0 Å². The standard InChI is InChI=1S/C7H14.C2H6.H2O2/c1-7-5-3-2-4-6-7;2*1-2/h7H,2-6H2,1H3;1-2H3;1-2H. The first-order chi connectivity index (χ1) is 5.39. The van der Waals surface area contributed by atoms with Crippen molar-refractivity contribution in [2.24, 2.45) is 5.92 Å². The summed E-state index contributed by atoms with van der Waals surface area (Å²) < 4.78 is 0. The molecule has 2 nitrogen and oxygen atoms in total. The minimum absolute atomic E-state index is 1.04. The molecule has 70 valence electrons. The molecule has 0 bridgehead atoms. The molecule has 1 fully saturated rings. The topological polar surface area (TPSA) is 40.5 Å². The molecule has 2 N–H and O–H groups in total. The van der Waals surface area contributed by atoms with Crippen LogP contribution in [-0.2, 0) is 0 Å². The Bertz CT molecular complexity index is 49.5. The van der Waals surface area contributed by atoms with Crippen LogP contribution in [-0.4, -0.2) is 10.5 Å². The molecular formula is C9H22O2. The number of hydrogen-bond acceptors (Lipinski definition) is 2. The van der Waals surface area contributed by atoms with Crippen molar-refractivity contribution in [3.8, 4) is 0 Å². The van der Waals surface area contributed by atoms with E-state index >= 15 is 0 Å². The lowest BCUT2D eigenvalue weighted by Gasteiger charge is -2.15. The summed E-state index contributed by atoms with van der Waals surface area (Å²) in [7, 11) is 0. The number of hydrogen-bond donors (Lipinski definition) is 2. The fourth-order valence-electron chi connectivity index (χ4n) is 1.31. The van der Waals surface area contributed by atoms with Gasteiger partial charge < -0.3 is 0 Å². The lowest BCUT2D eigenvalue weighted by molar-refractivity contribution is -0.176. The SMILES string of the molecule is CC.CC1CCCCC1.OO. The van der Waals surface area contributed by atoms with E-state index in [1.54, 1.807) is 0 Å². The zero-order chi connectivity index (χ0) is 9.11. The molecule has 11 heavy (non-hydrogen) atoms. The molecule has 0 unspecified atom stereocenters. The second kappa shape index (κ2) is 12.6. The zero-order valence-corrected chi connectivity index (χ0v) is 8.01. The van der Waals surface area contributed by atoms with Gasteiger partial charge in [0.15, 0.2) is 0 Å². The molecule has 0 heterocycles. The van der Waals surface area contributed by atoms with E-state index in [4.69, 9.17) is 10.5 Å². The summed E-state index contributed by atoms with van der Waals surface area (Å²) >= 11 is 0. The van der Waals surface area contributed by atoms with Crippen molar-refractivity contribution in [3.63, 3.8) is 0 Å². The van der Waals surface area contributed by atoms with Crippen LogP contribution < -0.4 is 0 Å². The molecule has 2 heteroatoms. The Morgan fingerprint density at radius 3 is 1.45 bits per heavy atom. The summed E-state index contributed by atoms with van der Waals surface area (Å²) in [6.07, 6.45) is 7.44.